The number of hydrazone groups is 1. The van der Waals surface area contributed by atoms with Crippen molar-refractivity contribution in [1.82, 2.24) is 5.43 Å². The Morgan fingerprint density at radius 1 is 0.927 bits per heavy atom. The number of alkyl halides is 3. The normalized spacial score (nSPS) is 11.8. The summed E-state index contributed by atoms with van der Waals surface area (Å²) in [6.45, 7) is -0.540. The number of benzene rings is 4. The summed E-state index contributed by atoms with van der Waals surface area (Å²) in [7, 11) is -4.39. The molecule has 1 N–H and O–H groups in total. The van der Waals surface area contributed by atoms with E-state index in [2.05, 4.69) is 10.5 Å². The number of sulfonamides is 1. The second-order valence-electron chi connectivity index (χ2n) is 8.62. The molecule has 41 heavy (non-hydrogen) atoms. The molecule has 12 heteroatoms. The molecule has 0 spiro atoms. The highest BCUT2D eigenvalue weighted by Crippen LogP contribution is 2.33. The molecule has 1 amide bonds. The average molecular weight is 602 g/mol. The largest absolute Gasteiger partial charge is 0.489 e. The molecule has 0 radical (unpaired) electrons. The lowest BCUT2D eigenvalue weighted by Crippen LogP contribution is -2.39. The van der Waals surface area contributed by atoms with Crippen molar-refractivity contribution in [3.8, 4) is 5.75 Å². The van der Waals surface area contributed by atoms with Crippen molar-refractivity contribution in [3.63, 3.8) is 0 Å². The summed E-state index contributed by atoms with van der Waals surface area (Å²) in [6, 6.07) is 24.9. The number of hydrogen-bond acceptors (Lipinski definition) is 5. The predicted octanol–water partition coefficient (Wildman–Crippen LogP) is 6.28. The molecular weight excluding hydrogens is 579 g/mol. The van der Waals surface area contributed by atoms with Gasteiger partial charge in [0.2, 0.25) is 0 Å². The molecule has 212 valence electrons. The van der Waals surface area contributed by atoms with Crippen LogP contribution in [0.15, 0.2) is 113 Å². The summed E-state index contributed by atoms with van der Waals surface area (Å²) >= 11 is 6.13. The molecule has 0 fully saturated rings. The minimum Gasteiger partial charge on any atom is -0.489 e. The number of anilines is 1. The van der Waals surface area contributed by atoms with E-state index in [1.807, 2.05) is 18.2 Å². The lowest BCUT2D eigenvalue weighted by molar-refractivity contribution is -0.137. The highest BCUT2D eigenvalue weighted by molar-refractivity contribution is 7.92. The van der Waals surface area contributed by atoms with E-state index in [9.17, 15) is 26.4 Å². The highest BCUT2D eigenvalue weighted by Gasteiger charge is 2.33. The minimum atomic E-state index is -4.71. The number of nitrogens with zero attached hydrogens (tertiary/aromatic N) is 2. The summed E-state index contributed by atoms with van der Waals surface area (Å²) in [4.78, 5) is 12.5. The van der Waals surface area contributed by atoms with E-state index in [1.54, 1.807) is 36.4 Å². The summed E-state index contributed by atoms with van der Waals surface area (Å²) in [5.74, 6) is -0.285. The third-order valence-corrected chi connectivity index (χ3v) is 7.87. The van der Waals surface area contributed by atoms with Crippen molar-refractivity contribution in [2.24, 2.45) is 5.10 Å². The van der Waals surface area contributed by atoms with Crippen LogP contribution in [0.25, 0.3) is 0 Å². The van der Waals surface area contributed by atoms with E-state index < -0.39 is 34.2 Å². The van der Waals surface area contributed by atoms with Gasteiger partial charge in [0.1, 0.15) is 18.9 Å². The zero-order valence-corrected chi connectivity index (χ0v) is 22.8. The molecule has 4 rings (SSSR count). The SMILES string of the molecule is O=C(CN(c1cccc(C(F)(F)F)c1)S(=O)(=O)c1ccccc1)N/N=C/c1ccc(OCc2ccccc2Cl)cc1. The molecule has 4 aromatic carbocycles. The van der Waals surface area contributed by atoms with Crippen LogP contribution in [0.2, 0.25) is 5.02 Å². The molecule has 0 atom stereocenters. The number of nitrogens with one attached hydrogen (secondary N) is 1. The summed E-state index contributed by atoms with van der Waals surface area (Å²) < 4.78 is 72.9. The smallest absolute Gasteiger partial charge is 0.416 e. The van der Waals surface area contributed by atoms with Crippen LogP contribution in [0.1, 0.15) is 16.7 Å². The maximum Gasteiger partial charge on any atom is 0.416 e. The Morgan fingerprint density at radius 3 is 2.29 bits per heavy atom. The van der Waals surface area contributed by atoms with Crippen LogP contribution < -0.4 is 14.5 Å². The first-order valence-electron chi connectivity index (χ1n) is 12.1. The van der Waals surface area contributed by atoms with Crippen molar-refractivity contribution in [2.75, 3.05) is 10.8 Å². The number of carbonyl (C=O) groups is 1. The minimum absolute atomic E-state index is 0.189. The Labute approximate surface area is 239 Å². The fourth-order valence-corrected chi connectivity index (χ4v) is 5.27. The predicted molar refractivity (Wildman–Crippen MR) is 150 cm³/mol. The fourth-order valence-electron chi connectivity index (χ4n) is 3.64. The van der Waals surface area contributed by atoms with E-state index in [0.717, 1.165) is 17.7 Å². The topological polar surface area (TPSA) is 88.1 Å². The first-order valence-corrected chi connectivity index (χ1v) is 13.9. The molecule has 0 saturated carbocycles. The lowest BCUT2D eigenvalue weighted by atomic mass is 10.2. The van der Waals surface area contributed by atoms with Gasteiger partial charge >= 0.3 is 6.18 Å². The lowest BCUT2D eigenvalue weighted by Gasteiger charge is -2.24. The second-order valence-corrected chi connectivity index (χ2v) is 10.9. The molecule has 7 nitrogen and oxygen atoms in total. The van der Waals surface area contributed by atoms with E-state index in [0.29, 0.717) is 26.7 Å². The van der Waals surface area contributed by atoms with Gasteiger partial charge in [0.15, 0.2) is 0 Å². The molecular formula is C29H23ClF3N3O4S. The summed E-state index contributed by atoms with van der Waals surface area (Å²) in [5.41, 5.74) is 2.27. The van der Waals surface area contributed by atoms with Crippen LogP contribution in [0.4, 0.5) is 18.9 Å². The first-order chi connectivity index (χ1) is 19.5. The monoisotopic (exact) mass is 601 g/mol. The first kappa shape index (κ1) is 29.6. The number of amides is 1. The van der Waals surface area contributed by atoms with Crippen molar-refractivity contribution < 1.29 is 31.1 Å². The Kier molecular flexibility index (Phi) is 9.31. The highest BCUT2D eigenvalue weighted by atomic mass is 35.5. The zero-order chi connectivity index (χ0) is 29.5. The van der Waals surface area contributed by atoms with Gasteiger partial charge in [-0.25, -0.2) is 13.8 Å². The van der Waals surface area contributed by atoms with Gasteiger partial charge in [-0.05, 0) is 66.2 Å². The molecule has 0 aliphatic rings. The van der Waals surface area contributed by atoms with Crippen LogP contribution >= 0.6 is 11.6 Å². The second kappa shape index (κ2) is 12.9. The number of rotatable bonds is 10. The third-order valence-electron chi connectivity index (χ3n) is 5.72. The van der Waals surface area contributed by atoms with Gasteiger partial charge in [0, 0.05) is 10.6 Å². The maximum atomic E-state index is 13.3. The van der Waals surface area contributed by atoms with Gasteiger partial charge < -0.3 is 4.74 Å². The van der Waals surface area contributed by atoms with Gasteiger partial charge in [-0.2, -0.15) is 18.3 Å². The Morgan fingerprint density at radius 2 is 1.61 bits per heavy atom. The quantitative estimate of drug-likeness (QED) is 0.171. The van der Waals surface area contributed by atoms with Crippen molar-refractivity contribution in [1.29, 1.82) is 0 Å². The van der Waals surface area contributed by atoms with Gasteiger partial charge in [0.05, 0.1) is 22.4 Å². The van der Waals surface area contributed by atoms with Gasteiger partial charge in [-0.1, -0.05) is 54.1 Å². The van der Waals surface area contributed by atoms with E-state index in [4.69, 9.17) is 16.3 Å². The summed E-state index contributed by atoms with van der Waals surface area (Å²) in [6.07, 6.45) is -3.38. The number of halogens is 4. The molecule has 0 aliphatic heterocycles. The van der Waals surface area contributed by atoms with Crippen molar-refractivity contribution >= 4 is 39.4 Å². The van der Waals surface area contributed by atoms with E-state index >= 15 is 0 Å². The molecule has 0 aromatic heterocycles. The van der Waals surface area contributed by atoms with Crippen LogP contribution in [0.3, 0.4) is 0 Å². The van der Waals surface area contributed by atoms with Crippen LogP contribution in [-0.4, -0.2) is 27.1 Å². The average Bonchev–Trinajstić information content (AvgIpc) is 2.96. The van der Waals surface area contributed by atoms with Gasteiger partial charge in [0.25, 0.3) is 15.9 Å². The third kappa shape index (κ3) is 7.86. The van der Waals surface area contributed by atoms with E-state index in [1.165, 1.54) is 36.5 Å². The van der Waals surface area contributed by atoms with Crippen molar-refractivity contribution in [3.05, 3.63) is 125 Å². The molecule has 0 bridgehead atoms. The Bertz CT molecular complexity index is 1630. The molecule has 4 aromatic rings. The van der Waals surface area contributed by atoms with Crippen LogP contribution in [0.5, 0.6) is 5.75 Å². The molecule has 0 unspecified atom stereocenters. The standard InChI is InChI=1S/C29H23ClF3N3O4S/c30-27-12-5-4-7-22(27)20-40-25-15-13-21(14-16-25)18-34-35-28(37)19-36(41(38,39)26-10-2-1-3-11-26)24-9-6-8-23(17-24)29(31,32)33/h1-18H,19-20H2,(H,35,37)/b34-18+. The van der Waals surface area contributed by atoms with Crippen LogP contribution in [-0.2, 0) is 27.6 Å². The van der Waals surface area contributed by atoms with Gasteiger partial charge in [-0.15, -0.1) is 0 Å². The molecule has 0 heterocycles. The van der Waals surface area contributed by atoms with E-state index in [-0.39, 0.29) is 17.2 Å². The van der Waals surface area contributed by atoms with Crippen molar-refractivity contribution in [2.45, 2.75) is 17.7 Å². The number of hydrogen-bond donors (Lipinski definition) is 1. The molecule has 0 saturated heterocycles. The van der Waals surface area contributed by atoms with Gasteiger partial charge in [-0.3, -0.25) is 9.10 Å². The molecule has 0 aliphatic carbocycles. The Hall–Kier alpha value is -4.35. The maximum absolute atomic E-state index is 13.3. The Balaban J connectivity index is 1.45. The van der Waals surface area contributed by atoms with Crippen LogP contribution in [0, 0.1) is 0 Å². The zero-order valence-electron chi connectivity index (χ0n) is 21.3. The number of ether oxygens (including phenoxy) is 1. The fraction of sp³-hybridized carbons (Fsp3) is 0.103. The summed E-state index contributed by atoms with van der Waals surface area (Å²) in [5, 5.41) is 4.44. The number of carbonyl (C=O) groups excluding carboxylic acids is 1.